The molecule has 0 spiro atoms. The molecule has 0 saturated carbocycles. The minimum Gasteiger partial charge on any atom is -0.366 e. The normalized spacial score (nSPS) is 19.6. The molecule has 92 valence electrons. The Balaban J connectivity index is 2.29. The number of hydrogen-bond donors (Lipinski definition) is 0. The molecule has 1 aromatic carbocycles. The van der Waals surface area contributed by atoms with Crippen LogP contribution in [0.25, 0.3) is 0 Å². The molecule has 1 saturated heterocycles. The van der Waals surface area contributed by atoms with Crippen molar-refractivity contribution in [1.29, 1.82) is 0 Å². The van der Waals surface area contributed by atoms with Crippen molar-refractivity contribution >= 4 is 27.3 Å². The lowest BCUT2D eigenvalue weighted by Gasteiger charge is -2.18. The fourth-order valence-corrected chi connectivity index (χ4v) is 2.64. The predicted molar refractivity (Wildman–Crippen MR) is 71.4 cm³/mol. The van der Waals surface area contributed by atoms with Gasteiger partial charge < -0.3 is 4.90 Å². The van der Waals surface area contributed by atoms with E-state index in [0.29, 0.717) is 5.92 Å². The zero-order valence-electron chi connectivity index (χ0n) is 9.73. The van der Waals surface area contributed by atoms with Crippen molar-refractivity contribution in [2.24, 2.45) is 5.92 Å². The van der Waals surface area contributed by atoms with E-state index in [1.54, 1.807) is 6.07 Å². The van der Waals surface area contributed by atoms with Gasteiger partial charge in [-0.3, -0.25) is 10.1 Å². The van der Waals surface area contributed by atoms with Crippen molar-refractivity contribution in [1.82, 2.24) is 0 Å². The molecule has 5 heteroatoms. The molecule has 4 nitrogen and oxygen atoms in total. The molecule has 2 rings (SSSR count). The molecule has 1 atom stereocenters. The highest BCUT2D eigenvalue weighted by Crippen LogP contribution is 2.34. The van der Waals surface area contributed by atoms with Gasteiger partial charge in [-0.25, -0.2) is 0 Å². The zero-order chi connectivity index (χ0) is 12.4. The van der Waals surface area contributed by atoms with Crippen molar-refractivity contribution in [2.75, 3.05) is 18.0 Å². The van der Waals surface area contributed by atoms with E-state index in [9.17, 15) is 10.1 Å². The van der Waals surface area contributed by atoms with E-state index in [0.717, 1.165) is 36.1 Å². The molecule has 0 aliphatic carbocycles. The number of halogens is 1. The summed E-state index contributed by atoms with van der Waals surface area (Å²) in [6.07, 6.45) is 2.27. The van der Waals surface area contributed by atoms with Crippen LogP contribution >= 0.6 is 15.9 Å². The summed E-state index contributed by atoms with van der Waals surface area (Å²) in [5.41, 5.74) is 0.935. The molecule has 0 amide bonds. The van der Waals surface area contributed by atoms with Gasteiger partial charge in [0.2, 0.25) is 0 Å². The van der Waals surface area contributed by atoms with Gasteiger partial charge >= 0.3 is 0 Å². The summed E-state index contributed by atoms with van der Waals surface area (Å²) < 4.78 is 0.749. The van der Waals surface area contributed by atoms with Crippen molar-refractivity contribution in [3.05, 3.63) is 32.8 Å². The van der Waals surface area contributed by atoms with Gasteiger partial charge in [0.05, 0.1) is 4.92 Å². The Morgan fingerprint density at radius 2 is 2.35 bits per heavy atom. The van der Waals surface area contributed by atoms with Crippen molar-refractivity contribution in [2.45, 2.75) is 19.8 Å². The lowest BCUT2D eigenvalue weighted by molar-refractivity contribution is -0.384. The van der Waals surface area contributed by atoms with E-state index in [1.807, 2.05) is 12.1 Å². The Bertz CT molecular complexity index is 437. The molecule has 0 bridgehead atoms. The van der Waals surface area contributed by atoms with E-state index in [1.165, 1.54) is 0 Å². The summed E-state index contributed by atoms with van der Waals surface area (Å²) in [5, 5.41) is 11.0. The number of rotatable bonds is 3. The average Bonchev–Trinajstić information content (AvgIpc) is 2.77. The van der Waals surface area contributed by atoms with Crippen LogP contribution in [0.15, 0.2) is 22.7 Å². The molecule has 0 radical (unpaired) electrons. The second-order valence-corrected chi connectivity index (χ2v) is 5.31. The lowest BCUT2D eigenvalue weighted by Crippen LogP contribution is -2.20. The smallest absolute Gasteiger partial charge is 0.293 e. The first kappa shape index (κ1) is 12.4. The maximum Gasteiger partial charge on any atom is 0.293 e. The maximum absolute atomic E-state index is 11.0. The summed E-state index contributed by atoms with van der Waals surface area (Å²) in [6, 6.07) is 5.27. The van der Waals surface area contributed by atoms with Gasteiger partial charge in [0.15, 0.2) is 0 Å². The third-order valence-electron chi connectivity index (χ3n) is 3.34. The topological polar surface area (TPSA) is 46.4 Å². The van der Waals surface area contributed by atoms with Crippen LogP contribution in [-0.4, -0.2) is 18.0 Å². The third-order valence-corrected chi connectivity index (χ3v) is 3.83. The number of benzene rings is 1. The minimum atomic E-state index is -0.306. The molecule has 0 aromatic heterocycles. The van der Waals surface area contributed by atoms with Crippen LogP contribution in [-0.2, 0) is 0 Å². The number of nitrogens with zero attached hydrogens (tertiary/aromatic N) is 2. The summed E-state index contributed by atoms with van der Waals surface area (Å²) in [7, 11) is 0. The quantitative estimate of drug-likeness (QED) is 0.633. The molecule has 1 aromatic rings. The first-order chi connectivity index (χ1) is 8.11. The van der Waals surface area contributed by atoms with Gasteiger partial charge in [-0.05, 0) is 24.5 Å². The van der Waals surface area contributed by atoms with Gasteiger partial charge in [-0.2, -0.15) is 0 Å². The Morgan fingerprint density at radius 3 is 2.94 bits per heavy atom. The van der Waals surface area contributed by atoms with E-state index in [4.69, 9.17) is 0 Å². The number of nitro groups is 1. The van der Waals surface area contributed by atoms with Crippen LogP contribution in [0.4, 0.5) is 11.4 Å². The van der Waals surface area contributed by atoms with E-state index >= 15 is 0 Å². The number of hydrogen-bond acceptors (Lipinski definition) is 3. The Morgan fingerprint density at radius 1 is 1.59 bits per heavy atom. The minimum absolute atomic E-state index is 0.191. The Labute approximate surface area is 109 Å². The summed E-state index contributed by atoms with van der Waals surface area (Å²) in [4.78, 5) is 12.9. The van der Waals surface area contributed by atoms with Crippen LogP contribution in [0.1, 0.15) is 19.8 Å². The fraction of sp³-hybridized carbons (Fsp3) is 0.500. The van der Waals surface area contributed by atoms with E-state index in [2.05, 4.69) is 27.8 Å². The Hall–Kier alpha value is -1.10. The van der Waals surface area contributed by atoms with Crippen LogP contribution in [0.3, 0.4) is 0 Å². The van der Waals surface area contributed by atoms with Gasteiger partial charge in [0, 0.05) is 23.6 Å². The number of anilines is 1. The van der Waals surface area contributed by atoms with Gasteiger partial charge in [0.25, 0.3) is 5.69 Å². The highest BCUT2D eigenvalue weighted by molar-refractivity contribution is 9.10. The number of nitro benzene ring substituents is 1. The summed E-state index contributed by atoms with van der Waals surface area (Å²) in [5.74, 6) is 0.665. The molecule has 1 heterocycles. The Kier molecular flexibility index (Phi) is 3.66. The van der Waals surface area contributed by atoms with E-state index in [-0.39, 0.29) is 10.6 Å². The SMILES string of the molecule is CCC1CCN(c2ccc(Br)cc2[N+](=O)[O-])C1. The van der Waals surface area contributed by atoms with Gasteiger partial charge in [-0.15, -0.1) is 0 Å². The summed E-state index contributed by atoms with van der Waals surface area (Å²) in [6.45, 7) is 4.02. The highest BCUT2D eigenvalue weighted by atomic mass is 79.9. The second-order valence-electron chi connectivity index (χ2n) is 4.40. The van der Waals surface area contributed by atoms with Gasteiger partial charge in [0.1, 0.15) is 5.69 Å². The summed E-state index contributed by atoms with van der Waals surface area (Å²) >= 11 is 3.28. The molecular formula is C12H15BrN2O2. The molecule has 0 N–H and O–H groups in total. The highest BCUT2D eigenvalue weighted by Gasteiger charge is 2.26. The largest absolute Gasteiger partial charge is 0.366 e. The van der Waals surface area contributed by atoms with Crippen molar-refractivity contribution in [3.8, 4) is 0 Å². The third kappa shape index (κ3) is 2.60. The van der Waals surface area contributed by atoms with Crippen molar-refractivity contribution in [3.63, 3.8) is 0 Å². The van der Waals surface area contributed by atoms with E-state index < -0.39 is 0 Å². The first-order valence-electron chi connectivity index (χ1n) is 5.80. The lowest BCUT2D eigenvalue weighted by atomic mass is 10.1. The molecule has 1 aliphatic rings. The fourth-order valence-electron chi connectivity index (χ4n) is 2.29. The second kappa shape index (κ2) is 5.04. The van der Waals surface area contributed by atoms with Crippen molar-refractivity contribution < 1.29 is 4.92 Å². The zero-order valence-corrected chi connectivity index (χ0v) is 11.3. The van der Waals surface area contributed by atoms with Crippen LogP contribution in [0, 0.1) is 16.0 Å². The molecular weight excluding hydrogens is 284 g/mol. The molecule has 17 heavy (non-hydrogen) atoms. The standard InChI is InChI=1S/C12H15BrN2O2/c1-2-9-5-6-14(8-9)11-4-3-10(13)7-12(11)15(16)17/h3-4,7,9H,2,5-6,8H2,1H3. The molecule has 1 aliphatic heterocycles. The van der Waals surface area contributed by atoms with Crippen LogP contribution in [0.5, 0.6) is 0 Å². The van der Waals surface area contributed by atoms with Crippen LogP contribution < -0.4 is 4.90 Å². The first-order valence-corrected chi connectivity index (χ1v) is 6.60. The monoisotopic (exact) mass is 298 g/mol. The maximum atomic E-state index is 11.0. The molecule has 1 fully saturated rings. The van der Waals surface area contributed by atoms with Crippen LogP contribution in [0.2, 0.25) is 0 Å². The average molecular weight is 299 g/mol. The van der Waals surface area contributed by atoms with Gasteiger partial charge in [-0.1, -0.05) is 29.3 Å². The molecule has 1 unspecified atom stereocenters. The predicted octanol–water partition coefficient (Wildman–Crippen LogP) is 3.59.